The highest BCUT2D eigenvalue weighted by molar-refractivity contribution is 5.94. The summed E-state index contributed by atoms with van der Waals surface area (Å²) < 4.78 is 5.17. The van der Waals surface area contributed by atoms with Crippen molar-refractivity contribution < 1.29 is 19.2 Å². The predicted molar refractivity (Wildman–Crippen MR) is 92.0 cm³/mol. The van der Waals surface area contributed by atoms with Crippen molar-refractivity contribution in [3.05, 3.63) is 29.8 Å². The average Bonchev–Trinajstić information content (AvgIpc) is 3.40. The van der Waals surface area contributed by atoms with Gasteiger partial charge in [0.25, 0.3) is 5.91 Å². The molecule has 1 aliphatic carbocycles. The third-order valence-corrected chi connectivity index (χ3v) is 4.20. The number of hydrogen-bond donors (Lipinski definition) is 3. The maximum Gasteiger partial charge on any atom is 0.321 e. The first-order chi connectivity index (χ1) is 11.6. The Kier molecular flexibility index (Phi) is 7.06. The fourth-order valence-corrected chi connectivity index (χ4v) is 2.65. The van der Waals surface area contributed by atoms with Crippen molar-refractivity contribution >= 4 is 11.9 Å². The number of imide groups is 1. The van der Waals surface area contributed by atoms with Crippen LogP contribution in [-0.2, 0) is 11.3 Å². The predicted octanol–water partition coefficient (Wildman–Crippen LogP) is 0.868. The van der Waals surface area contributed by atoms with Crippen molar-refractivity contribution in [2.24, 2.45) is 0 Å². The van der Waals surface area contributed by atoms with Gasteiger partial charge in [0.1, 0.15) is 12.3 Å². The van der Waals surface area contributed by atoms with Crippen molar-refractivity contribution in [2.75, 3.05) is 20.2 Å². The van der Waals surface area contributed by atoms with E-state index in [1.54, 1.807) is 7.11 Å². The lowest BCUT2D eigenvalue weighted by Crippen LogP contribution is -3.13. The molecule has 132 valence electrons. The Hall–Kier alpha value is -2.08. The summed E-state index contributed by atoms with van der Waals surface area (Å²) in [5.41, 5.74) is 1.16. The van der Waals surface area contributed by atoms with E-state index in [4.69, 9.17) is 4.74 Å². The normalized spacial score (nSPS) is 14.8. The Morgan fingerprint density at radius 1 is 1.25 bits per heavy atom. The number of carbonyl (C=O) groups excluding carboxylic acids is 2. The average molecular weight is 334 g/mol. The molecule has 0 radical (unpaired) electrons. The Balaban J connectivity index is 1.82. The zero-order valence-electron chi connectivity index (χ0n) is 14.6. The lowest BCUT2D eigenvalue weighted by molar-refractivity contribution is -0.917. The van der Waals surface area contributed by atoms with Crippen LogP contribution < -0.4 is 20.3 Å². The molecule has 1 aromatic rings. The smallest absolute Gasteiger partial charge is 0.321 e. The number of urea groups is 1. The van der Waals surface area contributed by atoms with Gasteiger partial charge in [0.15, 0.2) is 6.54 Å². The minimum Gasteiger partial charge on any atom is -0.497 e. The minimum absolute atomic E-state index is 0.223. The molecule has 0 bridgehead atoms. The summed E-state index contributed by atoms with van der Waals surface area (Å²) in [4.78, 5) is 25.0. The summed E-state index contributed by atoms with van der Waals surface area (Å²) in [5.74, 6) is 0.604. The van der Waals surface area contributed by atoms with Crippen LogP contribution in [0.4, 0.5) is 4.79 Å². The summed E-state index contributed by atoms with van der Waals surface area (Å²) >= 11 is 0. The summed E-state index contributed by atoms with van der Waals surface area (Å²) in [6.45, 7) is 3.75. The van der Waals surface area contributed by atoms with Gasteiger partial charge in [-0.3, -0.25) is 10.1 Å². The van der Waals surface area contributed by atoms with Gasteiger partial charge in [0.2, 0.25) is 0 Å². The number of rotatable bonds is 9. The van der Waals surface area contributed by atoms with Gasteiger partial charge < -0.3 is 15.0 Å². The number of amides is 3. The lowest BCUT2D eigenvalue weighted by Gasteiger charge is -2.19. The molecule has 24 heavy (non-hydrogen) atoms. The van der Waals surface area contributed by atoms with E-state index in [-0.39, 0.29) is 5.91 Å². The molecule has 6 nitrogen and oxygen atoms in total. The number of methoxy groups -OCH3 is 1. The first-order valence-electron chi connectivity index (χ1n) is 8.67. The Morgan fingerprint density at radius 3 is 2.54 bits per heavy atom. The van der Waals surface area contributed by atoms with Gasteiger partial charge >= 0.3 is 6.03 Å². The molecule has 3 amide bonds. The third-order valence-electron chi connectivity index (χ3n) is 4.20. The van der Waals surface area contributed by atoms with E-state index in [0.717, 1.165) is 43.5 Å². The van der Waals surface area contributed by atoms with Crippen LogP contribution in [0.15, 0.2) is 24.3 Å². The van der Waals surface area contributed by atoms with Crippen LogP contribution in [0, 0.1) is 0 Å². The van der Waals surface area contributed by atoms with Crippen LogP contribution in [0.5, 0.6) is 5.75 Å². The molecule has 0 saturated heterocycles. The molecule has 1 aromatic carbocycles. The van der Waals surface area contributed by atoms with Crippen LogP contribution in [-0.4, -0.2) is 38.2 Å². The maximum absolute atomic E-state index is 12.1. The molecular formula is C18H28N3O3+. The fourth-order valence-electron chi connectivity index (χ4n) is 2.65. The standard InChI is InChI=1S/C18H27N3O3/c1-3-4-11-19-18(23)20-17(22)13-21(15-7-8-15)12-14-5-9-16(24-2)10-6-14/h5-6,9-10,15H,3-4,7-8,11-13H2,1-2H3,(H2,19,20,22,23)/p+1. The molecule has 2 rings (SSSR count). The minimum atomic E-state index is -0.395. The van der Waals surface area contributed by atoms with Crippen LogP contribution in [0.1, 0.15) is 38.2 Å². The Bertz CT molecular complexity index is 541. The highest BCUT2D eigenvalue weighted by Crippen LogP contribution is 2.16. The monoisotopic (exact) mass is 334 g/mol. The molecule has 0 aliphatic heterocycles. The number of ether oxygens (including phenoxy) is 1. The van der Waals surface area contributed by atoms with E-state index in [1.165, 1.54) is 4.90 Å². The van der Waals surface area contributed by atoms with E-state index in [9.17, 15) is 9.59 Å². The van der Waals surface area contributed by atoms with E-state index in [1.807, 2.05) is 24.3 Å². The summed E-state index contributed by atoms with van der Waals surface area (Å²) in [6.07, 6.45) is 4.21. The van der Waals surface area contributed by atoms with E-state index >= 15 is 0 Å². The second-order valence-electron chi connectivity index (χ2n) is 6.29. The van der Waals surface area contributed by atoms with Gasteiger partial charge in [-0.25, -0.2) is 4.79 Å². The lowest BCUT2D eigenvalue weighted by atomic mass is 10.2. The van der Waals surface area contributed by atoms with Gasteiger partial charge in [-0.1, -0.05) is 13.3 Å². The largest absolute Gasteiger partial charge is 0.497 e. The Labute approximate surface area is 143 Å². The molecule has 1 atom stereocenters. The van der Waals surface area contributed by atoms with E-state index < -0.39 is 6.03 Å². The quantitative estimate of drug-likeness (QED) is 0.587. The second-order valence-corrected chi connectivity index (χ2v) is 6.29. The summed E-state index contributed by atoms with van der Waals surface area (Å²) in [7, 11) is 1.65. The topological polar surface area (TPSA) is 71.9 Å². The molecule has 1 unspecified atom stereocenters. The van der Waals surface area contributed by atoms with Crippen LogP contribution in [0.25, 0.3) is 0 Å². The van der Waals surface area contributed by atoms with Gasteiger partial charge in [-0.05, 0) is 30.7 Å². The molecule has 1 fully saturated rings. The fraction of sp³-hybridized carbons (Fsp3) is 0.556. The number of unbranched alkanes of at least 4 members (excludes halogenated alkanes) is 1. The summed E-state index contributed by atoms with van der Waals surface area (Å²) in [6, 6.07) is 8.03. The highest BCUT2D eigenvalue weighted by atomic mass is 16.5. The number of hydrogen-bond acceptors (Lipinski definition) is 3. The molecule has 0 heterocycles. The molecule has 1 saturated carbocycles. The van der Waals surface area contributed by atoms with Crippen LogP contribution in [0.3, 0.4) is 0 Å². The van der Waals surface area contributed by atoms with Crippen molar-refractivity contribution in [2.45, 2.75) is 45.2 Å². The molecule has 3 N–H and O–H groups in total. The number of nitrogens with one attached hydrogen (secondary N) is 3. The summed E-state index contributed by atoms with van der Waals surface area (Å²) in [5, 5.41) is 5.13. The van der Waals surface area contributed by atoms with Gasteiger partial charge in [-0.2, -0.15) is 0 Å². The number of carbonyl (C=O) groups is 2. The van der Waals surface area contributed by atoms with Crippen molar-refractivity contribution in [1.82, 2.24) is 10.6 Å². The molecule has 1 aliphatic rings. The van der Waals surface area contributed by atoms with Crippen molar-refractivity contribution in [1.29, 1.82) is 0 Å². The maximum atomic E-state index is 12.1. The highest BCUT2D eigenvalue weighted by Gasteiger charge is 2.34. The molecule has 0 spiro atoms. The van der Waals surface area contributed by atoms with Crippen LogP contribution in [0.2, 0.25) is 0 Å². The molecule has 0 aromatic heterocycles. The van der Waals surface area contributed by atoms with Crippen molar-refractivity contribution in [3.63, 3.8) is 0 Å². The first-order valence-corrected chi connectivity index (χ1v) is 8.67. The third kappa shape index (κ3) is 6.20. The molecule has 6 heteroatoms. The zero-order valence-corrected chi connectivity index (χ0v) is 14.6. The molecular weight excluding hydrogens is 306 g/mol. The van der Waals surface area contributed by atoms with E-state index in [0.29, 0.717) is 19.1 Å². The van der Waals surface area contributed by atoms with Gasteiger partial charge in [-0.15, -0.1) is 0 Å². The van der Waals surface area contributed by atoms with Gasteiger partial charge in [0.05, 0.1) is 13.2 Å². The number of quaternary nitrogens is 1. The Morgan fingerprint density at radius 2 is 1.96 bits per heavy atom. The SMILES string of the molecule is CCCCNC(=O)NC(=O)C[NH+](Cc1ccc(OC)cc1)C1CC1. The number of benzene rings is 1. The van der Waals surface area contributed by atoms with Crippen molar-refractivity contribution in [3.8, 4) is 5.75 Å². The van der Waals surface area contributed by atoms with Gasteiger partial charge in [0, 0.05) is 24.9 Å². The van der Waals surface area contributed by atoms with E-state index in [2.05, 4.69) is 17.6 Å². The second kappa shape index (κ2) is 9.27. The first kappa shape index (κ1) is 18.3. The van der Waals surface area contributed by atoms with Crippen LogP contribution >= 0.6 is 0 Å². The zero-order chi connectivity index (χ0) is 17.4.